The van der Waals surface area contributed by atoms with E-state index >= 15 is 0 Å². The van der Waals surface area contributed by atoms with Crippen molar-refractivity contribution in [1.29, 1.82) is 0 Å². The quantitative estimate of drug-likeness (QED) is 0.902. The first-order chi connectivity index (χ1) is 8.81. The lowest BCUT2D eigenvalue weighted by atomic mass is 10.1. The third-order valence-electron chi connectivity index (χ3n) is 3.04. The molecule has 1 aromatic rings. The minimum Gasteiger partial charge on any atom is -0.478 e. The minimum atomic E-state index is -2.77. The molecular weight excluding hydrogens is 274 g/mol. The number of aromatic carboxylic acids is 1. The summed E-state index contributed by atoms with van der Waals surface area (Å²) in [5.74, 6) is -1.21. The maximum atomic E-state index is 13.0. The van der Waals surface area contributed by atoms with Gasteiger partial charge in [0.15, 0.2) is 0 Å². The average molecular weight is 290 g/mol. The van der Waals surface area contributed by atoms with Crippen molar-refractivity contribution in [1.82, 2.24) is 0 Å². The van der Waals surface area contributed by atoms with E-state index in [-0.39, 0.29) is 26.8 Å². The molecule has 3 nitrogen and oxygen atoms in total. The zero-order chi connectivity index (χ0) is 14.7. The van der Waals surface area contributed by atoms with Crippen LogP contribution in [0.3, 0.4) is 0 Å². The Morgan fingerprint density at radius 2 is 2.00 bits per heavy atom. The highest BCUT2D eigenvalue weighted by atomic mass is 32.2. The van der Waals surface area contributed by atoms with E-state index in [0.29, 0.717) is 6.42 Å². The van der Waals surface area contributed by atoms with Gasteiger partial charge in [0.2, 0.25) is 0 Å². The molecule has 2 atom stereocenters. The molecule has 106 valence electrons. The van der Waals surface area contributed by atoms with E-state index in [9.17, 15) is 17.8 Å². The van der Waals surface area contributed by atoms with Gasteiger partial charge in [0.25, 0.3) is 6.43 Å². The zero-order valence-corrected chi connectivity index (χ0v) is 11.8. The highest BCUT2D eigenvalue weighted by Crippen LogP contribution is 2.31. The van der Waals surface area contributed by atoms with E-state index in [4.69, 9.17) is 5.11 Å². The van der Waals surface area contributed by atoms with Crippen LogP contribution in [0.5, 0.6) is 0 Å². The van der Waals surface area contributed by atoms with E-state index in [1.54, 1.807) is 13.8 Å². The molecule has 6 heteroatoms. The zero-order valence-electron chi connectivity index (χ0n) is 10.9. The highest BCUT2D eigenvalue weighted by molar-refractivity contribution is 7.85. The van der Waals surface area contributed by atoms with Crippen LogP contribution in [0.1, 0.15) is 48.2 Å². The fourth-order valence-corrected chi connectivity index (χ4v) is 3.24. The standard InChI is InChI=1S/C13H16F2O3S/c1-4-7(2)19(18)11-8(3)9(13(16)17)5-6-10(11)12(14)15/h5-7,12H,4H2,1-3H3,(H,16,17)/t7-,19-/m0/s1. The third kappa shape index (κ3) is 3.18. The number of carboxylic acid groups (broad SMARTS) is 1. The molecule has 1 rings (SSSR count). The Hall–Kier alpha value is -1.30. The second-order valence-electron chi connectivity index (χ2n) is 4.28. The first-order valence-electron chi connectivity index (χ1n) is 5.86. The van der Waals surface area contributed by atoms with Crippen molar-refractivity contribution in [3.8, 4) is 0 Å². The molecule has 0 bridgehead atoms. The lowest BCUT2D eigenvalue weighted by Gasteiger charge is -2.17. The molecule has 0 aliphatic carbocycles. The van der Waals surface area contributed by atoms with Gasteiger partial charge in [-0.3, -0.25) is 4.21 Å². The second kappa shape index (κ2) is 6.23. The maximum absolute atomic E-state index is 13.0. The van der Waals surface area contributed by atoms with Crippen molar-refractivity contribution in [2.45, 2.75) is 43.8 Å². The summed E-state index contributed by atoms with van der Waals surface area (Å²) >= 11 is 0. The molecule has 0 saturated carbocycles. The summed E-state index contributed by atoms with van der Waals surface area (Å²) in [4.78, 5) is 11.0. The Labute approximate surface area is 113 Å². The number of benzene rings is 1. The van der Waals surface area contributed by atoms with Crippen LogP contribution in [0.2, 0.25) is 0 Å². The van der Waals surface area contributed by atoms with Crippen LogP contribution in [0.4, 0.5) is 8.78 Å². The Morgan fingerprint density at radius 3 is 2.42 bits per heavy atom. The van der Waals surface area contributed by atoms with Gasteiger partial charge in [-0.2, -0.15) is 0 Å². The number of alkyl halides is 2. The van der Waals surface area contributed by atoms with Gasteiger partial charge in [-0.05, 0) is 25.0 Å². The summed E-state index contributed by atoms with van der Waals surface area (Å²) in [5.41, 5.74) is -0.277. The number of rotatable bonds is 5. The van der Waals surface area contributed by atoms with E-state index in [1.165, 1.54) is 6.92 Å². The molecule has 0 fully saturated rings. The highest BCUT2D eigenvalue weighted by Gasteiger charge is 2.25. The lowest BCUT2D eigenvalue weighted by Crippen LogP contribution is -2.15. The summed E-state index contributed by atoms with van der Waals surface area (Å²) < 4.78 is 38.3. The number of hydrogen-bond donors (Lipinski definition) is 1. The van der Waals surface area contributed by atoms with Crippen LogP contribution in [0, 0.1) is 6.92 Å². The number of halogens is 2. The Bertz CT molecular complexity index is 515. The molecule has 0 aliphatic heterocycles. The number of carboxylic acids is 1. The first-order valence-corrected chi connectivity index (χ1v) is 7.08. The molecule has 1 aromatic carbocycles. The van der Waals surface area contributed by atoms with E-state index in [0.717, 1.165) is 12.1 Å². The van der Waals surface area contributed by atoms with Crippen molar-refractivity contribution in [3.63, 3.8) is 0 Å². The lowest BCUT2D eigenvalue weighted by molar-refractivity contribution is 0.0695. The summed E-state index contributed by atoms with van der Waals surface area (Å²) in [6.07, 6.45) is -2.21. The number of hydrogen-bond acceptors (Lipinski definition) is 2. The van der Waals surface area contributed by atoms with Crippen molar-refractivity contribution >= 4 is 16.8 Å². The van der Waals surface area contributed by atoms with Gasteiger partial charge >= 0.3 is 5.97 Å². The largest absolute Gasteiger partial charge is 0.478 e. The summed E-state index contributed by atoms with van der Waals surface area (Å²) in [5, 5.41) is 8.71. The average Bonchev–Trinajstić information content (AvgIpc) is 2.35. The van der Waals surface area contributed by atoms with Crippen molar-refractivity contribution in [3.05, 3.63) is 28.8 Å². The smallest absolute Gasteiger partial charge is 0.335 e. The van der Waals surface area contributed by atoms with Gasteiger partial charge in [0, 0.05) is 10.8 Å². The van der Waals surface area contributed by atoms with E-state index in [1.807, 2.05) is 0 Å². The van der Waals surface area contributed by atoms with Crippen molar-refractivity contribution in [2.24, 2.45) is 0 Å². The molecule has 0 spiro atoms. The van der Waals surface area contributed by atoms with Crippen LogP contribution in [0.15, 0.2) is 17.0 Å². The molecule has 0 amide bonds. The van der Waals surface area contributed by atoms with Crippen LogP contribution in [0.25, 0.3) is 0 Å². The fourth-order valence-electron chi connectivity index (χ4n) is 1.74. The van der Waals surface area contributed by atoms with Crippen LogP contribution >= 0.6 is 0 Å². The molecular formula is C13H16F2O3S. The van der Waals surface area contributed by atoms with Crippen molar-refractivity contribution < 1.29 is 22.9 Å². The van der Waals surface area contributed by atoms with Crippen molar-refractivity contribution in [2.75, 3.05) is 0 Å². The normalized spacial score (nSPS) is 14.4. The molecule has 0 aromatic heterocycles. The second-order valence-corrected chi connectivity index (χ2v) is 6.09. The molecule has 0 aliphatic rings. The maximum Gasteiger partial charge on any atom is 0.335 e. The molecule has 0 radical (unpaired) electrons. The predicted molar refractivity (Wildman–Crippen MR) is 69.3 cm³/mol. The van der Waals surface area contributed by atoms with Gasteiger partial charge in [0.1, 0.15) is 0 Å². The molecule has 0 heterocycles. The van der Waals surface area contributed by atoms with Gasteiger partial charge in [-0.1, -0.05) is 19.9 Å². The summed E-state index contributed by atoms with van der Waals surface area (Å²) in [6.45, 7) is 4.92. The third-order valence-corrected chi connectivity index (χ3v) is 5.05. The first kappa shape index (κ1) is 15.8. The van der Waals surface area contributed by atoms with Gasteiger partial charge < -0.3 is 5.11 Å². The van der Waals surface area contributed by atoms with Gasteiger partial charge in [-0.25, -0.2) is 13.6 Å². The van der Waals surface area contributed by atoms with Crippen LogP contribution in [-0.2, 0) is 10.8 Å². The minimum absolute atomic E-state index is 0.0377. The molecule has 19 heavy (non-hydrogen) atoms. The van der Waals surface area contributed by atoms with Gasteiger partial charge in [-0.15, -0.1) is 0 Å². The molecule has 1 N–H and O–H groups in total. The number of carbonyl (C=O) groups is 1. The van der Waals surface area contributed by atoms with Crippen LogP contribution in [-0.4, -0.2) is 20.5 Å². The Balaban J connectivity index is 3.51. The Kier molecular flexibility index (Phi) is 5.17. The Morgan fingerprint density at radius 1 is 1.42 bits per heavy atom. The summed E-state index contributed by atoms with van der Waals surface area (Å²) in [6, 6.07) is 2.19. The monoisotopic (exact) mass is 290 g/mol. The van der Waals surface area contributed by atoms with E-state index < -0.39 is 23.2 Å². The van der Waals surface area contributed by atoms with Gasteiger partial charge in [0.05, 0.1) is 21.3 Å². The molecule has 0 unspecified atom stereocenters. The predicted octanol–water partition coefficient (Wildman–Crippen LogP) is 3.54. The van der Waals surface area contributed by atoms with Crippen LogP contribution < -0.4 is 0 Å². The topological polar surface area (TPSA) is 54.4 Å². The fraction of sp³-hybridized carbons (Fsp3) is 0.462. The molecule has 0 saturated heterocycles. The SMILES string of the molecule is CC[C@H](C)[S@](=O)c1c(C(F)F)ccc(C(=O)O)c1C. The summed E-state index contributed by atoms with van der Waals surface area (Å²) in [7, 11) is -1.64. The van der Waals surface area contributed by atoms with E-state index in [2.05, 4.69) is 0 Å².